The second kappa shape index (κ2) is 5.74. The molecule has 122 valence electrons. The standard InChI is InChI=1S/C19H19N3O2/c1-3-22-16-7-5-4-6-14(16)18(19(22)23)21-20-11-13-8-9-17(24-13)15-10-12(15)2/h4-9,11-12,15H,3,10H2,1-2H3/b20-11-,21-18-/t12-,15+/m1/s1. The summed E-state index contributed by atoms with van der Waals surface area (Å²) in [5.74, 6) is 2.81. The van der Waals surface area contributed by atoms with Gasteiger partial charge >= 0.3 is 0 Å². The third-order valence-electron chi connectivity index (χ3n) is 4.68. The van der Waals surface area contributed by atoms with E-state index in [9.17, 15) is 4.79 Å². The Labute approximate surface area is 140 Å². The molecule has 0 spiro atoms. The molecule has 1 amide bonds. The van der Waals surface area contributed by atoms with Crippen molar-refractivity contribution in [2.75, 3.05) is 11.4 Å². The summed E-state index contributed by atoms with van der Waals surface area (Å²) in [6.07, 6.45) is 2.75. The van der Waals surface area contributed by atoms with E-state index < -0.39 is 0 Å². The van der Waals surface area contributed by atoms with Gasteiger partial charge in [0.1, 0.15) is 11.5 Å². The highest BCUT2D eigenvalue weighted by Gasteiger charge is 2.36. The molecule has 2 aromatic rings. The van der Waals surface area contributed by atoms with Gasteiger partial charge in [-0.1, -0.05) is 25.1 Å². The van der Waals surface area contributed by atoms with Gasteiger partial charge in [-0.15, -0.1) is 5.10 Å². The molecule has 5 nitrogen and oxygen atoms in total. The number of fused-ring (bicyclic) bond motifs is 1. The van der Waals surface area contributed by atoms with Crippen molar-refractivity contribution in [1.82, 2.24) is 0 Å². The van der Waals surface area contributed by atoms with Gasteiger partial charge in [-0.3, -0.25) is 4.79 Å². The van der Waals surface area contributed by atoms with E-state index in [0.29, 0.717) is 29.9 Å². The third-order valence-corrected chi connectivity index (χ3v) is 4.68. The number of anilines is 1. The fourth-order valence-electron chi connectivity index (χ4n) is 3.17. The highest BCUT2D eigenvalue weighted by Crippen LogP contribution is 2.47. The molecule has 1 saturated carbocycles. The fourth-order valence-corrected chi connectivity index (χ4v) is 3.17. The van der Waals surface area contributed by atoms with Crippen molar-refractivity contribution in [1.29, 1.82) is 0 Å². The van der Waals surface area contributed by atoms with Crippen LogP contribution in [-0.2, 0) is 4.79 Å². The molecule has 1 aromatic carbocycles. The lowest BCUT2D eigenvalue weighted by Gasteiger charge is -2.12. The maximum Gasteiger partial charge on any atom is 0.279 e. The molecule has 0 saturated heterocycles. The van der Waals surface area contributed by atoms with Gasteiger partial charge < -0.3 is 9.32 Å². The summed E-state index contributed by atoms with van der Waals surface area (Å²) < 4.78 is 5.77. The van der Waals surface area contributed by atoms with Crippen LogP contribution in [0.25, 0.3) is 0 Å². The number of amides is 1. The van der Waals surface area contributed by atoms with Crippen LogP contribution in [0.5, 0.6) is 0 Å². The van der Waals surface area contributed by atoms with E-state index in [-0.39, 0.29) is 5.91 Å². The lowest BCUT2D eigenvalue weighted by molar-refractivity contribution is -0.112. The summed E-state index contributed by atoms with van der Waals surface area (Å²) in [4.78, 5) is 14.2. The van der Waals surface area contributed by atoms with Crippen LogP contribution < -0.4 is 4.90 Å². The second-order valence-electron chi connectivity index (χ2n) is 6.32. The number of nitrogens with zero attached hydrogens (tertiary/aromatic N) is 3. The van der Waals surface area contributed by atoms with E-state index in [2.05, 4.69) is 17.1 Å². The first-order valence-corrected chi connectivity index (χ1v) is 8.31. The average Bonchev–Trinajstić information content (AvgIpc) is 3.04. The largest absolute Gasteiger partial charge is 0.460 e. The Morgan fingerprint density at radius 2 is 2.08 bits per heavy atom. The number of benzene rings is 1. The molecule has 1 fully saturated rings. The van der Waals surface area contributed by atoms with Crippen LogP contribution >= 0.6 is 0 Å². The molecule has 2 heterocycles. The highest BCUT2D eigenvalue weighted by molar-refractivity contribution is 6.54. The normalized spacial score (nSPS) is 24.2. The second-order valence-corrected chi connectivity index (χ2v) is 6.32. The van der Waals surface area contributed by atoms with Crippen molar-refractivity contribution < 1.29 is 9.21 Å². The van der Waals surface area contributed by atoms with Crippen LogP contribution in [0, 0.1) is 5.92 Å². The van der Waals surface area contributed by atoms with Gasteiger partial charge in [-0.25, -0.2) is 0 Å². The van der Waals surface area contributed by atoms with Crippen LogP contribution in [0.2, 0.25) is 0 Å². The number of furan rings is 1. The van der Waals surface area contributed by atoms with E-state index in [1.165, 1.54) is 6.42 Å². The lowest BCUT2D eigenvalue weighted by atomic mass is 10.1. The Morgan fingerprint density at radius 3 is 2.83 bits per heavy atom. The summed E-state index contributed by atoms with van der Waals surface area (Å²) in [6.45, 7) is 4.78. The van der Waals surface area contributed by atoms with Crippen molar-refractivity contribution in [2.24, 2.45) is 16.1 Å². The van der Waals surface area contributed by atoms with Crippen LogP contribution in [0.15, 0.2) is 51.0 Å². The first kappa shape index (κ1) is 14.9. The number of hydrogen-bond acceptors (Lipinski definition) is 4. The predicted molar refractivity (Wildman–Crippen MR) is 93.8 cm³/mol. The van der Waals surface area contributed by atoms with Crippen molar-refractivity contribution in [3.05, 3.63) is 53.5 Å². The van der Waals surface area contributed by atoms with Crippen LogP contribution in [0.3, 0.4) is 0 Å². The summed E-state index contributed by atoms with van der Waals surface area (Å²) in [7, 11) is 0. The number of carbonyl (C=O) groups excluding carboxylic acids is 1. The van der Waals surface area contributed by atoms with Crippen molar-refractivity contribution in [3.63, 3.8) is 0 Å². The molecule has 5 heteroatoms. The number of carbonyl (C=O) groups is 1. The van der Waals surface area contributed by atoms with Gasteiger partial charge in [-0.05, 0) is 37.5 Å². The summed E-state index contributed by atoms with van der Waals surface area (Å²) in [6, 6.07) is 11.5. The third kappa shape index (κ3) is 2.46. The Hall–Kier alpha value is -2.69. The number of hydrogen-bond donors (Lipinski definition) is 0. The summed E-state index contributed by atoms with van der Waals surface area (Å²) in [5, 5.41) is 8.23. The SMILES string of the molecule is CCN1C(=O)/C(=N\N=C/c2ccc([C@H]3C[C@H]3C)o2)c2ccccc21. The van der Waals surface area contributed by atoms with Crippen LogP contribution in [0.1, 0.15) is 43.3 Å². The quantitative estimate of drug-likeness (QED) is 0.638. The summed E-state index contributed by atoms with van der Waals surface area (Å²) in [5.41, 5.74) is 2.10. The molecule has 1 aliphatic heterocycles. The van der Waals surface area contributed by atoms with Crippen molar-refractivity contribution >= 4 is 23.5 Å². The topological polar surface area (TPSA) is 58.2 Å². The van der Waals surface area contributed by atoms with Crippen molar-refractivity contribution in [3.8, 4) is 0 Å². The van der Waals surface area contributed by atoms with E-state index >= 15 is 0 Å². The maximum atomic E-state index is 12.5. The highest BCUT2D eigenvalue weighted by atomic mass is 16.3. The van der Waals surface area contributed by atoms with Gasteiger partial charge in [0.25, 0.3) is 5.91 Å². The van der Waals surface area contributed by atoms with Crippen LogP contribution in [-0.4, -0.2) is 24.4 Å². The minimum Gasteiger partial charge on any atom is -0.460 e. The molecule has 1 aromatic heterocycles. The van der Waals surface area contributed by atoms with Gasteiger partial charge in [0.2, 0.25) is 0 Å². The molecule has 1 aliphatic carbocycles. The van der Waals surface area contributed by atoms with Crippen molar-refractivity contribution in [2.45, 2.75) is 26.2 Å². The fraction of sp³-hybridized carbons (Fsp3) is 0.316. The maximum absolute atomic E-state index is 12.5. The van der Waals surface area contributed by atoms with E-state index in [1.807, 2.05) is 43.3 Å². The van der Waals surface area contributed by atoms with E-state index in [1.54, 1.807) is 11.1 Å². The Kier molecular flexibility index (Phi) is 3.56. The summed E-state index contributed by atoms with van der Waals surface area (Å²) >= 11 is 0. The first-order chi connectivity index (χ1) is 11.7. The molecular weight excluding hydrogens is 302 g/mol. The molecule has 24 heavy (non-hydrogen) atoms. The zero-order chi connectivity index (χ0) is 16.7. The van der Waals surface area contributed by atoms with E-state index in [0.717, 1.165) is 17.0 Å². The van der Waals surface area contributed by atoms with Gasteiger partial charge in [0.15, 0.2) is 5.71 Å². The molecule has 0 radical (unpaired) electrons. The monoisotopic (exact) mass is 321 g/mol. The zero-order valence-corrected chi connectivity index (χ0v) is 13.8. The number of para-hydroxylation sites is 1. The Balaban J connectivity index is 1.57. The Bertz CT molecular complexity index is 850. The lowest BCUT2D eigenvalue weighted by Crippen LogP contribution is -2.29. The molecule has 4 rings (SSSR count). The van der Waals surface area contributed by atoms with Gasteiger partial charge in [0, 0.05) is 18.0 Å². The predicted octanol–water partition coefficient (Wildman–Crippen LogP) is 3.59. The smallest absolute Gasteiger partial charge is 0.279 e. The molecule has 0 bridgehead atoms. The average molecular weight is 321 g/mol. The van der Waals surface area contributed by atoms with Gasteiger partial charge in [0.05, 0.1) is 11.9 Å². The Morgan fingerprint density at radius 1 is 1.29 bits per heavy atom. The molecular formula is C19H19N3O2. The van der Waals surface area contributed by atoms with E-state index in [4.69, 9.17) is 4.42 Å². The van der Waals surface area contributed by atoms with Crippen LogP contribution in [0.4, 0.5) is 5.69 Å². The molecule has 0 unspecified atom stereocenters. The first-order valence-electron chi connectivity index (χ1n) is 8.31. The molecule has 2 atom stereocenters. The minimum atomic E-state index is -0.109. The minimum absolute atomic E-state index is 0.109. The molecule has 2 aliphatic rings. The number of rotatable bonds is 4. The zero-order valence-electron chi connectivity index (χ0n) is 13.8. The molecule has 0 N–H and O–H groups in total. The number of likely N-dealkylation sites (N-methyl/N-ethyl adjacent to an activating group) is 1. The van der Waals surface area contributed by atoms with Gasteiger partial charge in [-0.2, -0.15) is 5.10 Å².